The number of allylic oxidation sites excluding steroid dienone is 4. The number of rotatable bonds is 9. The number of hydrogen-bond donors (Lipinski definition) is 1. The minimum atomic E-state index is 0.0810. The molecule has 0 aromatic heterocycles. The Morgan fingerprint density at radius 3 is 2.03 bits per heavy atom. The molecule has 2 aliphatic rings. The number of likely N-dealkylation sites (N-methyl/N-ethyl adjacent to an activating group) is 1. The summed E-state index contributed by atoms with van der Waals surface area (Å²) in [6.45, 7) is 27.9. The van der Waals surface area contributed by atoms with Gasteiger partial charge in [0.2, 0.25) is 6.41 Å². The summed E-state index contributed by atoms with van der Waals surface area (Å²) in [5, 5.41) is 10.8. The first-order valence-electron chi connectivity index (χ1n) is 12.7. The van der Waals surface area contributed by atoms with Crippen molar-refractivity contribution < 1.29 is 9.53 Å². The molecule has 198 valence electrons. The van der Waals surface area contributed by atoms with Gasteiger partial charge in [-0.1, -0.05) is 53.0 Å². The zero-order valence-electron chi connectivity index (χ0n) is 23.1. The summed E-state index contributed by atoms with van der Waals surface area (Å²) >= 11 is 0. The predicted molar refractivity (Wildman–Crippen MR) is 148 cm³/mol. The van der Waals surface area contributed by atoms with Gasteiger partial charge in [-0.05, 0) is 45.9 Å². The van der Waals surface area contributed by atoms with Crippen LogP contribution in [0.25, 0.3) is 0 Å². The maximum atomic E-state index is 10.7. The van der Waals surface area contributed by atoms with E-state index in [-0.39, 0.29) is 5.76 Å². The fraction of sp³-hybridized carbons (Fsp3) is 0.571. The van der Waals surface area contributed by atoms with Crippen molar-refractivity contribution in [2.75, 3.05) is 52.9 Å². The summed E-state index contributed by atoms with van der Waals surface area (Å²) < 4.78 is 4.65. The van der Waals surface area contributed by atoms with E-state index >= 15 is 0 Å². The minimum absolute atomic E-state index is 0.0810. The number of piperazine rings is 1. The van der Waals surface area contributed by atoms with Gasteiger partial charge < -0.3 is 19.9 Å². The van der Waals surface area contributed by atoms with Crippen LogP contribution in [0.15, 0.2) is 60.9 Å². The molecule has 2 saturated heterocycles. The average molecular weight is 488 g/mol. The highest BCUT2D eigenvalue weighted by molar-refractivity contribution is 5.53. The quantitative estimate of drug-likeness (QED) is 0.212. The molecule has 0 radical (unpaired) electrons. The van der Waals surface area contributed by atoms with Crippen molar-refractivity contribution in [3.63, 3.8) is 0 Å². The highest BCUT2D eigenvalue weighted by Crippen LogP contribution is 2.18. The molecule has 2 rings (SSSR count). The monoisotopic (exact) mass is 487 g/mol. The average Bonchev–Trinajstić information content (AvgIpc) is 2.88. The number of nitrogens with one attached hydrogen (secondary N) is 1. The Kier molecular flexibility index (Phi) is 22.5. The van der Waals surface area contributed by atoms with Crippen LogP contribution in [0.5, 0.6) is 0 Å². The zero-order chi connectivity index (χ0) is 27.1. The summed E-state index contributed by atoms with van der Waals surface area (Å²) in [6.07, 6.45) is 10.8. The molecule has 0 spiro atoms. The van der Waals surface area contributed by atoms with Crippen molar-refractivity contribution in [2.24, 2.45) is 0 Å². The van der Waals surface area contributed by atoms with Gasteiger partial charge in [0.15, 0.2) is 5.76 Å². The summed E-state index contributed by atoms with van der Waals surface area (Å²) in [6, 6.07) is 1.72. The number of carbonyl (C=O) groups excluding carboxylic acids is 1. The van der Waals surface area contributed by atoms with Crippen LogP contribution in [0.4, 0.5) is 0 Å². The lowest BCUT2D eigenvalue weighted by atomic mass is 10.1. The fourth-order valence-corrected chi connectivity index (χ4v) is 3.31. The van der Waals surface area contributed by atoms with Crippen LogP contribution in [0.3, 0.4) is 0 Å². The van der Waals surface area contributed by atoms with Crippen molar-refractivity contribution in [3.8, 4) is 6.07 Å². The van der Waals surface area contributed by atoms with Crippen LogP contribution in [0.1, 0.15) is 53.9 Å². The van der Waals surface area contributed by atoms with Gasteiger partial charge in [0.25, 0.3) is 0 Å². The summed E-state index contributed by atoms with van der Waals surface area (Å²) in [4.78, 5) is 17.9. The number of likely N-dealkylation sites (tertiary alicyclic amines) is 1. The van der Waals surface area contributed by atoms with Gasteiger partial charge in [-0.3, -0.25) is 9.69 Å². The van der Waals surface area contributed by atoms with E-state index in [1.54, 1.807) is 13.0 Å². The van der Waals surface area contributed by atoms with Crippen molar-refractivity contribution in [3.05, 3.63) is 60.9 Å². The Morgan fingerprint density at radius 2 is 1.57 bits per heavy atom. The van der Waals surface area contributed by atoms with E-state index in [1.807, 2.05) is 27.7 Å². The molecule has 2 fully saturated rings. The van der Waals surface area contributed by atoms with Gasteiger partial charge in [-0.25, -0.2) is 0 Å². The Hall–Kier alpha value is -2.82. The van der Waals surface area contributed by atoms with E-state index < -0.39 is 0 Å². The summed E-state index contributed by atoms with van der Waals surface area (Å²) in [5.74, 6) is 0.564. The van der Waals surface area contributed by atoms with E-state index in [4.69, 9.17) is 5.26 Å². The van der Waals surface area contributed by atoms with Crippen LogP contribution >= 0.6 is 0 Å². The molecule has 2 aliphatic heterocycles. The molecule has 7 heteroatoms. The Bertz CT molecular complexity index is 707. The smallest absolute Gasteiger partial charge is 0.211 e. The van der Waals surface area contributed by atoms with Gasteiger partial charge in [0.1, 0.15) is 6.07 Å². The lowest BCUT2D eigenvalue weighted by Crippen LogP contribution is -2.44. The number of ether oxygens (including phenoxy) is 1. The highest BCUT2D eigenvalue weighted by atomic mass is 16.5. The number of carbonyl (C=O) groups is 1. The SMILES string of the molecule is C=C(C)OC(=C)C#N.C=C(NC=O)/C(=C\C=C\CN1CCN(C)CC1)N1CCCCC1.CC.CC. The molecule has 0 aromatic carbocycles. The number of piperidine rings is 1. The third-order valence-corrected chi connectivity index (χ3v) is 5.01. The first-order valence-corrected chi connectivity index (χ1v) is 12.7. The third-order valence-electron chi connectivity index (χ3n) is 5.01. The molecule has 0 aromatic rings. The maximum absolute atomic E-state index is 10.7. The molecule has 0 unspecified atom stereocenters. The van der Waals surface area contributed by atoms with Crippen molar-refractivity contribution >= 4 is 6.41 Å². The topological polar surface area (TPSA) is 71.8 Å². The van der Waals surface area contributed by atoms with Crippen LogP contribution in [-0.2, 0) is 9.53 Å². The van der Waals surface area contributed by atoms with Crippen LogP contribution < -0.4 is 5.32 Å². The van der Waals surface area contributed by atoms with Crippen molar-refractivity contribution in [1.29, 1.82) is 5.26 Å². The summed E-state index contributed by atoms with van der Waals surface area (Å²) in [7, 11) is 2.17. The molecular formula is C28H49N5O2. The van der Waals surface area contributed by atoms with Gasteiger partial charge >= 0.3 is 0 Å². The number of nitriles is 1. The number of nitrogens with zero attached hydrogens (tertiary/aromatic N) is 4. The standard InChI is InChI=1S/C18H30N4O.C6H7NO.2C2H6/c1-17(19-16-23)18(22-10-5-3-6-11-22)8-4-7-9-21-14-12-20(2)13-15-21;1-5(2)8-6(3)4-7;2*1-2/h4,7-8,16H,1,3,5-6,9-15H2,2H3,(H,19,23);1,3H2,2H3;2*1-2H3/b7-4+,18-8+;;;. The normalized spacial score (nSPS) is 16.1. The molecule has 1 amide bonds. The van der Waals surface area contributed by atoms with E-state index in [2.05, 4.69) is 69.8 Å². The second kappa shape index (κ2) is 22.9. The van der Waals surface area contributed by atoms with Crippen molar-refractivity contribution in [2.45, 2.75) is 53.9 Å². The van der Waals surface area contributed by atoms with E-state index in [0.29, 0.717) is 17.9 Å². The Labute approximate surface area is 215 Å². The molecule has 0 aliphatic carbocycles. The van der Waals surface area contributed by atoms with Gasteiger partial charge in [0.05, 0.1) is 17.2 Å². The van der Waals surface area contributed by atoms with Crippen LogP contribution in [-0.4, -0.2) is 74.0 Å². The second-order valence-corrected chi connectivity index (χ2v) is 7.71. The lowest BCUT2D eigenvalue weighted by molar-refractivity contribution is -0.108. The van der Waals surface area contributed by atoms with Crippen LogP contribution in [0.2, 0.25) is 0 Å². The van der Waals surface area contributed by atoms with Gasteiger partial charge in [-0.15, -0.1) is 0 Å². The predicted octanol–water partition coefficient (Wildman–Crippen LogP) is 5.05. The fourth-order valence-electron chi connectivity index (χ4n) is 3.31. The first kappa shape index (κ1) is 34.3. The van der Waals surface area contributed by atoms with E-state index in [9.17, 15) is 4.79 Å². The van der Waals surface area contributed by atoms with Gasteiger partial charge in [0, 0.05) is 45.8 Å². The molecule has 0 saturated carbocycles. The molecule has 0 bridgehead atoms. The third kappa shape index (κ3) is 17.3. The first-order chi connectivity index (χ1) is 16.9. The number of hydrogen-bond acceptors (Lipinski definition) is 6. The largest absolute Gasteiger partial charge is 0.452 e. The molecule has 0 atom stereocenters. The lowest BCUT2D eigenvalue weighted by Gasteiger charge is -2.32. The minimum Gasteiger partial charge on any atom is -0.452 e. The molecule has 2 heterocycles. The van der Waals surface area contributed by atoms with Crippen LogP contribution in [0, 0.1) is 11.3 Å². The molecule has 35 heavy (non-hydrogen) atoms. The molecule has 7 nitrogen and oxygen atoms in total. The molecule has 1 N–H and O–H groups in total. The zero-order valence-corrected chi connectivity index (χ0v) is 23.1. The molecular weight excluding hydrogens is 438 g/mol. The van der Waals surface area contributed by atoms with Crippen molar-refractivity contribution in [1.82, 2.24) is 20.0 Å². The Morgan fingerprint density at radius 1 is 1.00 bits per heavy atom. The second-order valence-electron chi connectivity index (χ2n) is 7.71. The maximum Gasteiger partial charge on any atom is 0.211 e. The summed E-state index contributed by atoms with van der Waals surface area (Å²) in [5.41, 5.74) is 1.72. The van der Waals surface area contributed by atoms with E-state index in [0.717, 1.165) is 51.5 Å². The Balaban J connectivity index is 0. The number of amides is 1. The highest BCUT2D eigenvalue weighted by Gasteiger charge is 2.15. The van der Waals surface area contributed by atoms with Gasteiger partial charge in [-0.2, -0.15) is 5.26 Å². The van der Waals surface area contributed by atoms with E-state index in [1.165, 1.54) is 19.3 Å².